The molecule has 2 atom stereocenters. The summed E-state index contributed by atoms with van der Waals surface area (Å²) in [6.45, 7) is 7.05. The molecular weight excluding hydrogens is 204 g/mol. The van der Waals surface area contributed by atoms with E-state index in [2.05, 4.69) is 23.7 Å². The van der Waals surface area contributed by atoms with Gasteiger partial charge in [0.2, 0.25) is 0 Å². The molecule has 16 heavy (non-hydrogen) atoms. The van der Waals surface area contributed by atoms with Crippen molar-refractivity contribution in [3.63, 3.8) is 0 Å². The molecule has 0 aliphatic carbocycles. The predicted molar refractivity (Wildman–Crippen MR) is 62.6 cm³/mol. The van der Waals surface area contributed by atoms with E-state index in [1.165, 1.54) is 0 Å². The highest BCUT2D eigenvalue weighted by Gasteiger charge is 2.12. The lowest BCUT2D eigenvalue weighted by Crippen LogP contribution is -2.20. The molecule has 0 rings (SSSR count). The van der Waals surface area contributed by atoms with Crippen molar-refractivity contribution < 1.29 is 14.3 Å². The minimum atomic E-state index is -0.657. The topological polar surface area (TPSA) is 35.5 Å². The van der Waals surface area contributed by atoms with Crippen LogP contribution in [0.25, 0.3) is 0 Å². The van der Waals surface area contributed by atoms with E-state index in [-0.39, 0.29) is 12.2 Å². The van der Waals surface area contributed by atoms with Gasteiger partial charge in [-0.2, -0.15) is 0 Å². The maximum absolute atomic E-state index is 11.2. The van der Waals surface area contributed by atoms with Crippen LogP contribution in [0.15, 0.2) is 0 Å². The van der Waals surface area contributed by atoms with Crippen LogP contribution in [0.5, 0.6) is 0 Å². The number of ether oxygens (including phenoxy) is 2. The van der Waals surface area contributed by atoms with Crippen LogP contribution in [0.3, 0.4) is 0 Å². The van der Waals surface area contributed by atoms with Crippen molar-refractivity contribution in [1.29, 1.82) is 0 Å². The number of rotatable bonds is 4. The van der Waals surface area contributed by atoms with Crippen molar-refractivity contribution >= 4 is 6.16 Å². The van der Waals surface area contributed by atoms with Crippen LogP contribution in [-0.2, 0) is 9.47 Å². The summed E-state index contributed by atoms with van der Waals surface area (Å²) in [7, 11) is 0. The summed E-state index contributed by atoms with van der Waals surface area (Å²) < 4.78 is 9.98. The Hall–Kier alpha value is -1.61. The van der Waals surface area contributed by atoms with Crippen molar-refractivity contribution in [2.75, 3.05) is 0 Å². The zero-order valence-electron chi connectivity index (χ0n) is 10.3. The van der Waals surface area contributed by atoms with Gasteiger partial charge in [-0.1, -0.05) is 11.8 Å². The van der Waals surface area contributed by atoms with Crippen molar-refractivity contribution in [2.24, 2.45) is 0 Å². The summed E-state index contributed by atoms with van der Waals surface area (Å²) in [5.41, 5.74) is 0. The van der Waals surface area contributed by atoms with Crippen LogP contribution < -0.4 is 0 Å². The maximum atomic E-state index is 11.2. The second-order valence-electron chi connectivity index (χ2n) is 3.37. The van der Waals surface area contributed by atoms with Gasteiger partial charge in [0.05, 0.1) is 0 Å². The number of hydrogen-bond acceptors (Lipinski definition) is 3. The fourth-order valence-electron chi connectivity index (χ4n) is 0.931. The first-order valence-electron chi connectivity index (χ1n) is 5.26. The lowest BCUT2D eigenvalue weighted by molar-refractivity contribution is 0.0102. The average molecular weight is 222 g/mol. The minimum Gasteiger partial charge on any atom is -0.430 e. The summed E-state index contributed by atoms with van der Waals surface area (Å²) in [6, 6.07) is 0. The third-order valence-corrected chi connectivity index (χ3v) is 1.73. The molecule has 0 saturated heterocycles. The van der Waals surface area contributed by atoms with Gasteiger partial charge in [-0.25, -0.2) is 4.79 Å². The summed E-state index contributed by atoms with van der Waals surface area (Å²) in [5, 5.41) is 0. The summed E-state index contributed by atoms with van der Waals surface area (Å²) in [6.07, 6.45) is -0.103. The molecule has 0 saturated carbocycles. The quantitative estimate of drug-likeness (QED) is 0.542. The number of carbonyl (C=O) groups is 1. The largest absolute Gasteiger partial charge is 0.508 e. The Morgan fingerprint density at radius 1 is 1.00 bits per heavy atom. The first-order chi connectivity index (χ1) is 7.60. The summed E-state index contributed by atoms with van der Waals surface area (Å²) in [5.74, 6) is 11.2. The molecule has 0 aromatic heterocycles. The average Bonchev–Trinajstić information content (AvgIpc) is 2.23. The molecule has 0 radical (unpaired) electrons. The lowest BCUT2D eigenvalue weighted by Gasteiger charge is -2.13. The fraction of sp³-hybridized carbons (Fsp3) is 0.615. The maximum Gasteiger partial charge on any atom is 0.508 e. The van der Waals surface area contributed by atoms with E-state index in [4.69, 9.17) is 9.47 Å². The van der Waals surface area contributed by atoms with Gasteiger partial charge in [-0.15, -0.1) is 11.8 Å². The fourth-order valence-corrected chi connectivity index (χ4v) is 0.931. The van der Waals surface area contributed by atoms with Gasteiger partial charge >= 0.3 is 6.16 Å². The Bertz CT molecular complexity index is 293. The van der Waals surface area contributed by atoms with Gasteiger partial charge in [-0.3, -0.25) is 0 Å². The van der Waals surface area contributed by atoms with Gasteiger partial charge in [0.25, 0.3) is 0 Å². The van der Waals surface area contributed by atoms with E-state index >= 15 is 0 Å². The van der Waals surface area contributed by atoms with Crippen LogP contribution >= 0.6 is 0 Å². The molecule has 0 fully saturated rings. The van der Waals surface area contributed by atoms with E-state index in [0.29, 0.717) is 12.8 Å². The third-order valence-electron chi connectivity index (χ3n) is 1.73. The van der Waals surface area contributed by atoms with Crippen LogP contribution in [0.2, 0.25) is 0 Å². The molecule has 3 nitrogen and oxygen atoms in total. The first-order valence-corrected chi connectivity index (χ1v) is 5.26. The molecule has 0 N–H and O–H groups in total. The highest BCUT2D eigenvalue weighted by atomic mass is 16.7. The molecule has 88 valence electrons. The van der Waals surface area contributed by atoms with E-state index in [0.717, 1.165) is 0 Å². The Morgan fingerprint density at radius 2 is 1.38 bits per heavy atom. The molecule has 0 bridgehead atoms. The Balaban J connectivity index is 3.85. The van der Waals surface area contributed by atoms with Crippen LogP contribution in [-0.4, -0.2) is 18.4 Å². The molecule has 0 spiro atoms. The van der Waals surface area contributed by atoms with Crippen molar-refractivity contribution in [1.82, 2.24) is 0 Å². The zero-order valence-corrected chi connectivity index (χ0v) is 10.3. The van der Waals surface area contributed by atoms with E-state index in [1.54, 1.807) is 27.7 Å². The first kappa shape index (κ1) is 14.4. The van der Waals surface area contributed by atoms with Crippen LogP contribution in [0.1, 0.15) is 40.5 Å². The van der Waals surface area contributed by atoms with Crippen LogP contribution in [0, 0.1) is 23.7 Å². The monoisotopic (exact) mass is 222 g/mol. The van der Waals surface area contributed by atoms with Crippen LogP contribution in [0.4, 0.5) is 4.79 Å². The van der Waals surface area contributed by atoms with E-state index in [9.17, 15) is 4.79 Å². The van der Waals surface area contributed by atoms with Gasteiger partial charge in [0.1, 0.15) is 12.2 Å². The molecule has 0 aromatic carbocycles. The summed E-state index contributed by atoms with van der Waals surface area (Å²) >= 11 is 0. The lowest BCUT2D eigenvalue weighted by atomic mass is 10.3. The summed E-state index contributed by atoms with van der Waals surface area (Å²) in [4.78, 5) is 11.2. The molecule has 3 heteroatoms. The smallest absolute Gasteiger partial charge is 0.430 e. The zero-order chi connectivity index (χ0) is 12.4. The van der Waals surface area contributed by atoms with Gasteiger partial charge in [-0.05, 0) is 27.7 Å². The molecular formula is C13H18O3. The number of carbonyl (C=O) groups excluding carboxylic acids is 1. The highest BCUT2D eigenvalue weighted by molar-refractivity contribution is 5.60. The molecule has 0 heterocycles. The molecule has 2 unspecified atom stereocenters. The molecule has 0 amide bonds. The molecule has 0 aliphatic heterocycles. The third kappa shape index (κ3) is 7.76. The van der Waals surface area contributed by atoms with Crippen molar-refractivity contribution in [3.05, 3.63) is 0 Å². The normalized spacial score (nSPS) is 12.2. The molecule has 0 aromatic rings. The second-order valence-corrected chi connectivity index (χ2v) is 3.37. The van der Waals surface area contributed by atoms with Crippen molar-refractivity contribution in [3.8, 4) is 23.7 Å². The highest BCUT2D eigenvalue weighted by Crippen LogP contribution is 2.03. The van der Waals surface area contributed by atoms with Gasteiger partial charge in [0, 0.05) is 12.8 Å². The van der Waals surface area contributed by atoms with E-state index in [1.807, 2.05) is 0 Å². The van der Waals surface area contributed by atoms with Gasteiger partial charge in [0.15, 0.2) is 0 Å². The predicted octanol–water partition coefficient (Wildman–Crippen LogP) is 2.74. The minimum absolute atomic E-state index is 0.246. The van der Waals surface area contributed by atoms with Gasteiger partial charge < -0.3 is 9.47 Å². The second kappa shape index (κ2) is 8.68. The standard InChI is InChI=1S/C13H18O3/c1-5-7-9-11(3)15-13(14)16-12(4)10-8-6-2/h11-12H,9-10H2,1-4H3. The Morgan fingerprint density at radius 3 is 1.69 bits per heavy atom. The molecule has 0 aliphatic rings. The Kier molecular flexibility index (Phi) is 7.81. The number of hydrogen-bond donors (Lipinski definition) is 0. The SMILES string of the molecule is CC#CCC(C)OC(=O)OC(C)CC#CC. The Labute approximate surface area is 97.5 Å². The van der Waals surface area contributed by atoms with Crippen molar-refractivity contribution in [2.45, 2.75) is 52.7 Å². The van der Waals surface area contributed by atoms with E-state index < -0.39 is 6.16 Å².